The predicted octanol–water partition coefficient (Wildman–Crippen LogP) is 4.16. The van der Waals surface area contributed by atoms with Crippen molar-refractivity contribution in [2.75, 3.05) is 19.6 Å². The van der Waals surface area contributed by atoms with Crippen LogP contribution in [0.5, 0.6) is 0 Å². The number of carboxylic acid groups (broad SMARTS) is 1. The van der Waals surface area contributed by atoms with E-state index in [9.17, 15) is 9.90 Å². The average Bonchev–Trinajstić information content (AvgIpc) is 3.20. The minimum absolute atomic E-state index is 0. The number of anilines is 1. The molecule has 0 saturated carbocycles. The lowest BCUT2D eigenvalue weighted by Crippen LogP contribution is -2.06. The summed E-state index contributed by atoms with van der Waals surface area (Å²) in [5, 5.41) is 9.54. The monoisotopic (exact) mass is 427 g/mol. The van der Waals surface area contributed by atoms with Gasteiger partial charge in [-0.25, -0.2) is 9.10 Å². The molecule has 0 bridgehead atoms. The fourth-order valence-electron chi connectivity index (χ4n) is 2.52. The largest absolute Gasteiger partial charge is 0.478 e. The molecule has 0 fully saturated rings. The molecule has 8 heteroatoms. The van der Waals surface area contributed by atoms with Crippen LogP contribution in [-0.2, 0) is 4.28 Å². The van der Waals surface area contributed by atoms with Crippen LogP contribution >= 0.6 is 25.7 Å². The highest BCUT2D eigenvalue weighted by Gasteiger charge is 2.14. The van der Waals surface area contributed by atoms with Crippen LogP contribution in [0.25, 0.3) is 5.69 Å². The lowest BCUT2D eigenvalue weighted by Gasteiger charge is -2.10. The molecule has 0 saturated heterocycles. The van der Waals surface area contributed by atoms with E-state index in [1.807, 2.05) is 60.9 Å². The third kappa shape index (κ3) is 6.07. The first-order valence-corrected chi connectivity index (χ1v) is 9.13. The average molecular weight is 428 g/mol. The molecule has 1 aromatic heterocycles. The molecule has 0 atom stereocenters. The fraction of sp³-hybridized carbons (Fsp3) is 0.0952. The number of carbonyl (C=O) groups is 1. The Morgan fingerprint density at radius 2 is 1.83 bits per heavy atom. The molecule has 150 valence electrons. The molecule has 6 nitrogen and oxygen atoms in total. The van der Waals surface area contributed by atoms with Gasteiger partial charge in [0.15, 0.2) is 0 Å². The summed E-state index contributed by atoms with van der Waals surface area (Å²) in [7, 11) is 3.75. The van der Waals surface area contributed by atoms with Crippen molar-refractivity contribution in [1.29, 1.82) is 0 Å². The topological polar surface area (TPSA) is 66.7 Å². The van der Waals surface area contributed by atoms with Crippen LogP contribution in [0.4, 0.5) is 5.69 Å². The SMILES string of the molecule is CN(C)SONc1cccc(C#Cc2cccc(C(=O)O)c2-n2cccc2)c1.S. The summed E-state index contributed by atoms with van der Waals surface area (Å²) in [6, 6.07) is 16.3. The number of nitrogens with zero attached hydrogens (tertiary/aromatic N) is 2. The number of rotatable bonds is 6. The molecule has 1 heterocycles. The Kier molecular flexibility index (Phi) is 8.24. The number of carboxylic acids is 1. The van der Waals surface area contributed by atoms with Crippen LogP contribution in [0.15, 0.2) is 67.0 Å². The first kappa shape index (κ1) is 22.5. The Morgan fingerprint density at radius 1 is 1.10 bits per heavy atom. The van der Waals surface area contributed by atoms with Gasteiger partial charge in [-0.15, -0.1) is 0 Å². The van der Waals surface area contributed by atoms with Crippen LogP contribution in [0, 0.1) is 11.8 Å². The molecule has 2 N–H and O–H groups in total. The minimum atomic E-state index is -0.992. The Labute approximate surface area is 181 Å². The van der Waals surface area contributed by atoms with Crippen LogP contribution in [-0.4, -0.2) is 34.0 Å². The highest BCUT2D eigenvalue weighted by molar-refractivity contribution is 7.92. The molecular formula is C21H21N3O3S2. The molecule has 0 radical (unpaired) electrons. The highest BCUT2D eigenvalue weighted by atomic mass is 32.2. The molecule has 0 unspecified atom stereocenters. The van der Waals surface area contributed by atoms with Gasteiger partial charge in [0.1, 0.15) is 12.2 Å². The summed E-state index contributed by atoms with van der Waals surface area (Å²) >= 11 is 1.17. The van der Waals surface area contributed by atoms with Gasteiger partial charge in [0, 0.05) is 23.5 Å². The molecule has 3 rings (SSSR count). The van der Waals surface area contributed by atoms with Gasteiger partial charge in [-0.1, -0.05) is 24.0 Å². The maximum absolute atomic E-state index is 11.6. The molecule has 2 aromatic carbocycles. The standard InChI is InChI=1S/C21H19N3O3S.H2S/c1-23(2)28-27-22-18-9-5-7-16(15-18)11-12-17-8-6-10-19(21(25)26)20(17)24-13-3-4-14-24;/h3-10,13-15,22H,1-2H3,(H,25,26);1H2. The van der Waals surface area contributed by atoms with Gasteiger partial charge in [0.2, 0.25) is 0 Å². The first-order valence-electron chi connectivity index (χ1n) is 8.43. The van der Waals surface area contributed by atoms with Gasteiger partial charge in [-0.2, -0.15) is 17.8 Å². The van der Waals surface area contributed by atoms with E-state index in [1.54, 1.807) is 29.1 Å². The molecule has 0 aliphatic carbocycles. The molecule has 3 aromatic rings. The Balaban J connectivity index is 0.00000300. The number of hydrogen-bond donors (Lipinski definition) is 2. The second-order valence-corrected chi connectivity index (χ2v) is 7.05. The number of aromatic carboxylic acids is 1. The molecule has 0 spiro atoms. The van der Waals surface area contributed by atoms with Gasteiger partial charge in [0.05, 0.1) is 16.9 Å². The van der Waals surface area contributed by atoms with E-state index in [2.05, 4.69) is 17.3 Å². The smallest absolute Gasteiger partial charge is 0.337 e. The summed E-state index contributed by atoms with van der Waals surface area (Å²) in [6.07, 6.45) is 3.61. The lowest BCUT2D eigenvalue weighted by atomic mass is 10.1. The van der Waals surface area contributed by atoms with E-state index in [0.29, 0.717) is 11.3 Å². The number of aromatic nitrogens is 1. The molecule has 29 heavy (non-hydrogen) atoms. The highest BCUT2D eigenvalue weighted by Crippen LogP contribution is 2.20. The fourth-order valence-corrected chi connectivity index (χ4v) is 2.80. The van der Waals surface area contributed by atoms with E-state index >= 15 is 0 Å². The minimum Gasteiger partial charge on any atom is -0.478 e. The van der Waals surface area contributed by atoms with Crippen molar-refractivity contribution in [3.8, 4) is 17.5 Å². The second kappa shape index (κ2) is 10.6. The summed E-state index contributed by atoms with van der Waals surface area (Å²) in [6.45, 7) is 0. The third-order valence-electron chi connectivity index (χ3n) is 3.68. The quantitative estimate of drug-likeness (QED) is 0.267. The number of benzene rings is 2. The van der Waals surface area contributed by atoms with Crippen LogP contribution in [0.1, 0.15) is 21.5 Å². The van der Waals surface area contributed by atoms with Gasteiger partial charge in [0.25, 0.3) is 0 Å². The Bertz CT molecular complexity index is 1030. The van der Waals surface area contributed by atoms with Crippen molar-refractivity contribution in [2.45, 2.75) is 0 Å². The molecule has 0 aliphatic heterocycles. The summed E-state index contributed by atoms with van der Waals surface area (Å²) < 4.78 is 8.86. The van der Waals surface area contributed by atoms with E-state index in [1.165, 1.54) is 12.2 Å². The molecular weight excluding hydrogens is 406 g/mol. The van der Waals surface area contributed by atoms with Gasteiger partial charge < -0.3 is 9.67 Å². The van der Waals surface area contributed by atoms with Gasteiger partial charge in [-0.3, -0.25) is 5.48 Å². The van der Waals surface area contributed by atoms with Crippen molar-refractivity contribution in [2.24, 2.45) is 0 Å². The van der Waals surface area contributed by atoms with Crippen LogP contribution in [0.2, 0.25) is 0 Å². The Morgan fingerprint density at radius 3 is 2.52 bits per heavy atom. The van der Waals surface area contributed by atoms with E-state index in [4.69, 9.17) is 4.28 Å². The van der Waals surface area contributed by atoms with Crippen molar-refractivity contribution >= 4 is 37.4 Å². The van der Waals surface area contributed by atoms with E-state index < -0.39 is 5.97 Å². The van der Waals surface area contributed by atoms with Crippen molar-refractivity contribution in [3.63, 3.8) is 0 Å². The van der Waals surface area contributed by atoms with E-state index in [0.717, 1.165) is 11.3 Å². The lowest BCUT2D eigenvalue weighted by molar-refractivity contribution is 0.0697. The molecule has 0 aliphatic rings. The summed E-state index contributed by atoms with van der Waals surface area (Å²) in [5.74, 6) is 5.21. The first-order chi connectivity index (χ1) is 13.5. The normalized spacial score (nSPS) is 10.0. The maximum atomic E-state index is 11.6. The number of nitrogens with one attached hydrogen (secondary N) is 1. The van der Waals surface area contributed by atoms with Gasteiger partial charge >= 0.3 is 5.97 Å². The van der Waals surface area contributed by atoms with E-state index in [-0.39, 0.29) is 19.1 Å². The van der Waals surface area contributed by atoms with Gasteiger partial charge in [-0.05, 0) is 56.6 Å². The Hall–Kier alpha value is -2.83. The van der Waals surface area contributed by atoms with Crippen molar-refractivity contribution in [1.82, 2.24) is 8.87 Å². The van der Waals surface area contributed by atoms with Crippen LogP contribution in [0.3, 0.4) is 0 Å². The summed E-state index contributed by atoms with van der Waals surface area (Å²) in [4.78, 5) is 11.6. The zero-order chi connectivity index (χ0) is 19.9. The third-order valence-corrected chi connectivity index (χ3v) is 4.14. The number of para-hydroxylation sites is 1. The zero-order valence-corrected chi connectivity index (χ0v) is 17.7. The summed E-state index contributed by atoms with van der Waals surface area (Å²) in [5.41, 5.74) is 5.78. The molecule has 0 amide bonds. The maximum Gasteiger partial charge on any atom is 0.337 e. The predicted molar refractivity (Wildman–Crippen MR) is 122 cm³/mol. The second-order valence-electron chi connectivity index (χ2n) is 6.00. The van der Waals surface area contributed by atoms with Crippen molar-refractivity contribution < 1.29 is 14.2 Å². The van der Waals surface area contributed by atoms with Crippen LogP contribution < -0.4 is 5.48 Å². The zero-order valence-electron chi connectivity index (χ0n) is 15.9. The van der Waals surface area contributed by atoms with Crippen molar-refractivity contribution in [3.05, 3.63) is 83.7 Å². The number of hydrogen-bond acceptors (Lipinski definition) is 5.